The molecule has 2 fully saturated rings. The Morgan fingerprint density at radius 2 is 1.57 bits per heavy atom. The van der Waals surface area contributed by atoms with Crippen LogP contribution in [0.15, 0.2) is 64.0 Å². The molecule has 2 aromatic carbocycles. The number of hydrogen-bond acceptors (Lipinski definition) is 7. The molecule has 0 unspecified atom stereocenters. The van der Waals surface area contributed by atoms with Crippen molar-refractivity contribution in [2.24, 2.45) is 0 Å². The van der Waals surface area contributed by atoms with Crippen molar-refractivity contribution in [1.29, 1.82) is 0 Å². The van der Waals surface area contributed by atoms with Gasteiger partial charge >= 0.3 is 0 Å². The molecule has 0 radical (unpaired) electrons. The van der Waals surface area contributed by atoms with E-state index in [1.807, 2.05) is 42.3 Å². The SMILES string of the molecule is CN1CCN(S(=O)(=O)c2ccc(-c3noc(C4CCN(C(=O)c5ccccc5)CC4)n3)cc2)CC1. The summed E-state index contributed by atoms with van der Waals surface area (Å²) < 4.78 is 33.0. The zero-order chi connectivity index (χ0) is 24.4. The molecule has 5 rings (SSSR count). The second-order valence-corrected chi connectivity index (χ2v) is 11.1. The molecule has 3 aromatic rings. The van der Waals surface area contributed by atoms with E-state index >= 15 is 0 Å². The Bertz CT molecular complexity index is 1260. The van der Waals surface area contributed by atoms with Crippen molar-refractivity contribution < 1.29 is 17.7 Å². The highest BCUT2D eigenvalue weighted by Gasteiger charge is 2.29. The average Bonchev–Trinajstić information content (AvgIpc) is 3.40. The summed E-state index contributed by atoms with van der Waals surface area (Å²) in [6.45, 7) is 3.70. The van der Waals surface area contributed by atoms with E-state index in [1.54, 1.807) is 24.3 Å². The van der Waals surface area contributed by atoms with Crippen LogP contribution in [0.1, 0.15) is 35.0 Å². The zero-order valence-electron chi connectivity index (χ0n) is 19.7. The van der Waals surface area contributed by atoms with Crippen LogP contribution in [0.4, 0.5) is 0 Å². The monoisotopic (exact) mass is 495 g/mol. The minimum atomic E-state index is -3.52. The van der Waals surface area contributed by atoms with Gasteiger partial charge in [0.05, 0.1) is 4.90 Å². The van der Waals surface area contributed by atoms with E-state index in [9.17, 15) is 13.2 Å². The molecule has 0 spiro atoms. The highest BCUT2D eigenvalue weighted by atomic mass is 32.2. The van der Waals surface area contributed by atoms with E-state index < -0.39 is 10.0 Å². The van der Waals surface area contributed by atoms with Crippen molar-refractivity contribution in [1.82, 2.24) is 24.2 Å². The normalized spacial score (nSPS) is 18.6. The van der Waals surface area contributed by atoms with Gasteiger partial charge in [-0.3, -0.25) is 4.79 Å². The molecule has 0 N–H and O–H groups in total. The Hall–Kier alpha value is -3.08. The molecule has 2 aliphatic rings. The number of carbonyl (C=O) groups is 1. The lowest BCUT2D eigenvalue weighted by atomic mass is 9.96. The Morgan fingerprint density at radius 3 is 2.23 bits per heavy atom. The van der Waals surface area contributed by atoms with E-state index in [0.29, 0.717) is 49.0 Å². The number of amides is 1. The summed E-state index contributed by atoms with van der Waals surface area (Å²) in [6.07, 6.45) is 1.50. The van der Waals surface area contributed by atoms with Crippen molar-refractivity contribution in [3.05, 3.63) is 66.1 Å². The quantitative estimate of drug-likeness (QED) is 0.537. The average molecular weight is 496 g/mol. The van der Waals surface area contributed by atoms with Crippen molar-refractivity contribution >= 4 is 15.9 Å². The second kappa shape index (κ2) is 9.88. The van der Waals surface area contributed by atoms with Crippen LogP contribution >= 0.6 is 0 Å². The van der Waals surface area contributed by atoms with E-state index in [1.165, 1.54) is 4.31 Å². The Kier molecular flexibility index (Phi) is 6.68. The summed E-state index contributed by atoms with van der Waals surface area (Å²) in [5.74, 6) is 1.13. The maximum absolute atomic E-state index is 12.9. The highest BCUT2D eigenvalue weighted by Crippen LogP contribution is 2.29. The molecule has 0 saturated carbocycles. The van der Waals surface area contributed by atoms with Crippen molar-refractivity contribution in [2.75, 3.05) is 46.3 Å². The first-order valence-corrected chi connectivity index (χ1v) is 13.3. The number of carbonyl (C=O) groups excluding carboxylic acids is 1. The first-order valence-electron chi connectivity index (χ1n) is 11.9. The molecule has 35 heavy (non-hydrogen) atoms. The third-order valence-corrected chi connectivity index (χ3v) is 8.72. The highest BCUT2D eigenvalue weighted by molar-refractivity contribution is 7.89. The van der Waals surface area contributed by atoms with Gasteiger partial charge in [0.25, 0.3) is 5.91 Å². The van der Waals surface area contributed by atoms with E-state index in [4.69, 9.17) is 4.52 Å². The van der Waals surface area contributed by atoms with Crippen LogP contribution in [0, 0.1) is 0 Å². The molecule has 10 heteroatoms. The van der Waals surface area contributed by atoms with Crippen LogP contribution < -0.4 is 0 Å². The number of aromatic nitrogens is 2. The van der Waals surface area contributed by atoms with Gasteiger partial charge in [-0.15, -0.1) is 0 Å². The van der Waals surface area contributed by atoms with Gasteiger partial charge < -0.3 is 14.3 Å². The van der Waals surface area contributed by atoms with Crippen LogP contribution in [0.3, 0.4) is 0 Å². The van der Waals surface area contributed by atoms with E-state index in [-0.39, 0.29) is 16.7 Å². The van der Waals surface area contributed by atoms with Crippen molar-refractivity contribution in [3.63, 3.8) is 0 Å². The number of nitrogens with zero attached hydrogens (tertiary/aromatic N) is 5. The summed E-state index contributed by atoms with van der Waals surface area (Å²) in [5.41, 5.74) is 1.40. The largest absolute Gasteiger partial charge is 0.339 e. The number of hydrogen-bond donors (Lipinski definition) is 0. The topological polar surface area (TPSA) is 99.9 Å². The first kappa shape index (κ1) is 23.7. The van der Waals surface area contributed by atoms with Gasteiger partial charge in [0.15, 0.2) is 0 Å². The predicted molar refractivity (Wildman–Crippen MR) is 130 cm³/mol. The summed E-state index contributed by atoms with van der Waals surface area (Å²) in [5, 5.41) is 4.12. The fourth-order valence-electron chi connectivity index (χ4n) is 4.56. The maximum Gasteiger partial charge on any atom is 0.253 e. The maximum atomic E-state index is 12.9. The lowest BCUT2D eigenvalue weighted by molar-refractivity contribution is 0.0704. The number of likely N-dealkylation sites (N-methyl/N-ethyl adjacent to an activating group) is 1. The number of rotatable bonds is 5. The van der Waals surface area contributed by atoms with E-state index in [0.717, 1.165) is 25.9 Å². The molecule has 0 aliphatic carbocycles. The Morgan fingerprint density at radius 1 is 0.914 bits per heavy atom. The minimum absolute atomic E-state index is 0.0434. The predicted octanol–water partition coefficient (Wildman–Crippen LogP) is 2.69. The lowest BCUT2D eigenvalue weighted by Gasteiger charge is -2.31. The third-order valence-electron chi connectivity index (χ3n) is 6.81. The fraction of sp³-hybridized carbons (Fsp3) is 0.400. The number of sulfonamides is 1. The molecule has 3 heterocycles. The molecular formula is C25H29N5O4S. The molecule has 0 atom stereocenters. The van der Waals surface area contributed by atoms with E-state index in [2.05, 4.69) is 15.0 Å². The molecule has 9 nitrogen and oxygen atoms in total. The van der Waals surface area contributed by atoms with Crippen LogP contribution in [-0.2, 0) is 10.0 Å². The summed E-state index contributed by atoms with van der Waals surface area (Å²) in [6, 6.07) is 16.0. The third kappa shape index (κ3) is 5.00. The van der Waals surface area contributed by atoms with Gasteiger partial charge in [-0.1, -0.05) is 23.4 Å². The standard InChI is InChI=1S/C25H29N5O4S/c1-28-15-17-30(18-16-28)35(32,33)22-9-7-19(8-10-22)23-26-24(34-27-23)20-11-13-29(14-12-20)25(31)21-5-3-2-4-6-21/h2-10,20H,11-18H2,1H3. The minimum Gasteiger partial charge on any atom is -0.339 e. The van der Waals surface area contributed by atoms with Crippen LogP contribution in [0.25, 0.3) is 11.4 Å². The van der Waals surface area contributed by atoms with Crippen LogP contribution in [0.2, 0.25) is 0 Å². The summed E-state index contributed by atoms with van der Waals surface area (Å²) in [4.78, 5) is 21.5. The molecule has 0 bridgehead atoms. The summed E-state index contributed by atoms with van der Waals surface area (Å²) in [7, 11) is -1.53. The smallest absolute Gasteiger partial charge is 0.253 e. The molecule has 1 aromatic heterocycles. The van der Waals surface area contributed by atoms with Crippen molar-refractivity contribution in [2.45, 2.75) is 23.7 Å². The number of piperazine rings is 1. The van der Waals surface area contributed by atoms with Crippen LogP contribution in [-0.4, -0.2) is 84.9 Å². The van der Waals surface area contributed by atoms with Gasteiger partial charge in [0.1, 0.15) is 0 Å². The second-order valence-electron chi connectivity index (χ2n) is 9.12. The van der Waals surface area contributed by atoms with Gasteiger partial charge in [0.2, 0.25) is 21.7 Å². The Balaban J connectivity index is 1.22. The summed E-state index contributed by atoms with van der Waals surface area (Å²) >= 11 is 0. The lowest BCUT2D eigenvalue weighted by Crippen LogP contribution is -2.46. The molecular weight excluding hydrogens is 466 g/mol. The van der Waals surface area contributed by atoms with Crippen molar-refractivity contribution in [3.8, 4) is 11.4 Å². The number of benzene rings is 2. The number of piperidine rings is 1. The molecule has 184 valence electrons. The Labute approximate surface area is 205 Å². The van der Waals surface area contributed by atoms with Crippen LogP contribution in [0.5, 0.6) is 0 Å². The fourth-order valence-corrected chi connectivity index (χ4v) is 5.99. The zero-order valence-corrected chi connectivity index (χ0v) is 20.5. The van der Waals surface area contributed by atoms with Gasteiger partial charge in [-0.05, 0) is 56.3 Å². The first-order chi connectivity index (χ1) is 16.9. The molecule has 1 amide bonds. The van der Waals surface area contributed by atoms with Gasteiger partial charge in [0, 0.05) is 56.3 Å². The molecule has 2 aliphatic heterocycles. The van der Waals surface area contributed by atoms with Gasteiger partial charge in [-0.2, -0.15) is 9.29 Å². The van der Waals surface area contributed by atoms with Gasteiger partial charge in [-0.25, -0.2) is 8.42 Å². The number of likely N-dealkylation sites (tertiary alicyclic amines) is 1. The molecule has 2 saturated heterocycles.